The minimum absolute atomic E-state index is 0.558. The highest BCUT2D eigenvalue weighted by Gasteiger charge is 1.93. The topological polar surface area (TPSA) is 101 Å². The number of nitrogens with two attached hydrogens (primary N) is 1. The van der Waals surface area contributed by atoms with Crippen LogP contribution < -0.4 is 5.73 Å². The average Bonchev–Trinajstić information content (AvgIpc) is 2.74. The van der Waals surface area contributed by atoms with Crippen LogP contribution in [-0.4, -0.2) is 28.7 Å². The fraction of sp³-hybridized carbons (Fsp3) is 0.769. The van der Waals surface area contributed by atoms with Crippen molar-refractivity contribution in [3.63, 3.8) is 0 Å². The van der Waals surface area contributed by atoms with Gasteiger partial charge in [-0.3, -0.25) is 0 Å². The third-order valence-corrected chi connectivity index (χ3v) is 5.08. The van der Waals surface area contributed by atoms with Gasteiger partial charge in [-0.1, -0.05) is 103 Å². The zero-order chi connectivity index (χ0) is 23.4. The lowest BCUT2D eigenvalue weighted by atomic mass is 10.1. The van der Waals surface area contributed by atoms with E-state index < -0.39 is 11.9 Å². The molecule has 0 aliphatic carbocycles. The highest BCUT2D eigenvalue weighted by Crippen LogP contribution is 2.12. The third kappa shape index (κ3) is 36.1. The molecule has 5 heteroatoms. The largest absolute Gasteiger partial charge is 0.478 e. The van der Waals surface area contributed by atoms with Crippen molar-refractivity contribution < 1.29 is 19.8 Å². The Morgan fingerprint density at radius 3 is 1.23 bits per heavy atom. The van der Waals surface area contributed by atoms with E-state index in [1.54, 1.807) is 0 Å². The Morgan fingerprint density at radius 2 is 0.903 bits per heavy atom. The van der Waals surface area contributed by atoms with Crippen LogP contribution in [-0.2, 0) is 9.59 Å². The summed E-state index contributed by atoms with van der Waals surface area (Å²) in [6.07, 6.45) is 31.0. The van der Waals surface area contributed by atoms with Crippen molar-refractivity contribution in [2.75, 3.05) is 6.54 Å². The SMILES string of the molecule is CCCCCCCCC=CCCCCCCCCCCCCN.O=C(O)C=CC(=O)O. The molecule has 31 heavy (non-hydrogen) atoms. The molecular weight excluding hydrogens is 390 g/mol. The van der Waals surface area contributed by atoms with E-state index >= 15 is 0 Å². The first-order chi connectivity index (χ1) is 15.0. The highest BCUT2D eigenvalue weighted by atomic mass is 16.4. The van der Waals surface area contributed by atoms with Gasteiger partial charge in [-0.25, -0.2) is 9.59 Å². The number of allylic oxidation sites excluding steroid dienone is 2. The fourth-order valence-electron chi connectivity index (χ4n) is 3.24. The molecule has 0 saturated carbocycles. The molecule has 0 heterocycles. The van der Waals surface area contributed by atoms with Crippen LogP contribution in [0.1, 0.15) is 122 Å². The fourth-order valence-corrected chi connectivity index (χ4v) is 3.24. The van der Waals surface area contributed by atoms with Gasteiger partial charge in [-0.15, -0.1) is 0 Å². The maximum Gasteiger partial charge on any atom is 0.328 e. The Bertz CT molecular complexity index is 431. The van der Waals surface area contributed by atoms with Crippen molar-refractivity contribution in [2.24, 2.45) is 5.73 Å². The average molecular weight is 440 g/mol. The number of carbonyl (C=O) groups is 2. The Hall–Kier alpha value is -1.62. The molecular formula is C26H49NO4. The van der Waals surface area contributed by atoms with Crippen LogP contribution in [0.3, 0.4) is 0 Å². The molecule has 0 bridgehead atoms. The van der Waals surface area contributed by atoms with E-state index in [9.17, 15) is 9.59 Å². The summed E-state index contributed by atoms with van der Waals surface area (Å²) in [5, 5.41) is 15.6. The van der Waals surface area contributed by atoms with Gasteiger partial charge in [0.25, 0.3) is 0 Å². The minimum atomic E-state index is -1.26. The van der Waals surface area contributed by atoms with E-state index in [0.29, 0.717) is 12.2 Å². The summed E-state index contributed by atoms with van der Waals surface area (Å²) in [7, 11) is 0. The molecule has 0 saturated heterocycles. The normalized spacial score (nSPS) is 11.0. The van der Waals surface area contributed by atoms with Crippen molar-refractivity contribution in [1.82, 2.24) is 0 Å². The van der Waals surface area contributed by atoms with E-state index in [1.807, 2.05) is 0 Å². The van der Waals surface area contributed by atoms with Gasteiger partial charge in [-0.2, -0.15) is 0 Å². The van der Waals surface area contributed by atoms with E-state index in [2.05, 4.69) is 19.1 Å². The van der Waals surface area contributed by atoms with Crippen LogP contribution in [0.5, 0.6) is 0 Å². The van der Waals surface area contributed by atoms with Crippen LogP contribution >= 0.6 is 0 Å². The van der Waals surface area contributed by atoms with Crippen molar-refractivity contribution in [1.29, 1.82) is 0 Å². The van der Waals surface area contributed by atoms with Crippen molar-refractivity contribution in [2.45, 2.75) is 122 Å². The van der Waals surface area contributed by atoms with Crippen LogP contribution in [0.2, 0.25) is 0 Å². The van der Waals surface area contributed by atoms with Crippen LogP contribution in [0.15, 0.2) is 24.3 Å². The Labute approximate surface area is 191 Å². The van der Waals surface area contributed by atoms with Crippen molar-refractivity contribution in [3.8, 4) is 0 Å². The first kappa shape index (κ1) is 31.6. The molecule has 4 N–H and O–H groups in total. The molecule has 182 valence electrons. The Morgan fingerprint density at radius 1 is 0.581 bits per heavy atom. The summed E-state index contributed by atoms with van der Waals surface area (Å²) in [6.45, 7) is 3.15. The van der Waals surface area contributed by atoms with E-state index in [4.69, 9.17) is 15.9 Å². The highest BCUT2D eigenvalue weighted by molar-refractivity contribution is 5.89. The summed E-state index contributed by atoms with van der Waals surface area (Å²) in [5.41, 5.74) is 5.50. The number of rotatable bonds is 21. The van der Waals surface area contributed by atoms with E-state index in [1.165, 1.54) is 116 Å². The summed E-state index contributed by atoms with van der Waals surface area (Å²) in [4.78, 5) is 19.1. The van der Waals surface area contributed by atoms with Gasteiger partial charge in [0.2, 0.25) is 0 Å². The molecule has 0 rings (SSSR count). The van der Waals surface area contributed by atoms with Crippen molar-refractivity contribution >= 4 is 11.9 Å². The van der Waals surface area contributed by atoms with Gasteiger partial charge in [0.15, 0.2) is 0 Å². The number of carboxylic acid groups (broad SMARTS) is 2. The second-order valence-electron chi connectivity index (χ2n) is 8.15. The molecule has 0 aromatic heterocycles. The van der Waals surface area contributed by atoms with Gasteiger partial charge >= 0.3 is 11.9 Å². The minimum Gasteiger partial charge on any atom is -0.478 e. The summed E-state index contributed by atoms with van der Waals surface area (Å²) in [5.74, 6) is -2.51. The van der Waals surface area contributed by atoms with Crippen LogP contribution in [0.25, 0.3) is 0 Å². The van der Waals surface area contributed by atoms with Gasteiger partial charge in [0, 0.05) is 12.2 Å². The lowest BCUT2D eigenvalue weighted by Crippen LogP contribution is -1.97. The van der Waals surface area contributed by atoms with Crippen LogP contribution in [0.4, 0.5) is 0 Å². The molecule has 5 nitrogen and oxygen atoms in total. The number of hydrogen-bond donors (Lipinski definition) is 3. The molecule has 0 aliphatic rings. The molecule has 0 spiro atoms. The summed E-state index contributed by atoms with van der Waals surface area (Å²) < 4.78 is 0. The standard InChI is InChI=1S/C22H45N.C4H4O4/c1-2-3-4-5-6-7-8-9-10-11-12-13-14-15-16-17-18-19-20-21-22-23;5-3(6)1-2-4(7)8/h9-10H,2-8,11-23H2,1H3;1-2H,(H,5,6)(H,7,8). The molecule has 0 unspecified atom stereocenters. The quantitative estimate of drug-likeness (QED) is 0.0992. The van der Waals surface area contributed by atoms with Crippen molar-refractivity contribution in [3.05, 3.63) is 24.3 Å². The summed E-state index contributed by atoms with van der Waals surface area (Å²) in [6, 6.07) is 0. The lowest BCUT2D eigenvalue weighted by Gasteiger charge is -2.01. The molecule has 0 fully saturated rings. The number of carboxylic acids is 2. The Kier molecular flexibility index (Phi) is 28.9. The molecule has 0 aromatic carbocycles. The maximum atomic E-state index is 9.55. The molecule has 0 aliphatic heterocycles. The Balaban J connectivity index is 0. The predicted octanol–water partition coefficient (Wildman–Crippen LogP) is 7.25. The smallest absolute Gasteiger partial charge is 0.328 e. The second-order valence-corrected chi connectivity index (χ2v) is 8.15. The zero-order valence-electron chi connectivity index (χ0n) is 20.0. The van der Waals surface area contributed by atoms with Gasteiger partial charge < -0.3 is 15.9 Å². The van der Waals surface area contributed by atoms with Gasteiger partial charge in [0.1, 0.15) is 0 Å². The van der Waals surface area contributed by atoms with E-state index in [0.717, 1.165) is 6.54 Å². The van der Waals surface area contributed by atoms with Crippen LogP contribution in [0, 0.1) is 0 Å². The maximum absolute atomic E-state index is 9.55. The first-order valence-electron chi connectivity index (χ1n) is 12.5. The molecule has 0 aromatic rings. The third-order valence-electron chi connectivity index (χ3n) is 5.08. The number of unbranched alkanes of at least 4 members (excludes halogenated alkanes) is 16. The zero-order valence-corrected chi connectivity index (χ0v) is 20.0. The second kappa shape index (κ2) is 28.4. The predicted molar refractivity (Wildman–Crippen MR) is 131 cm³/mol. The van der Waals surface area contributed by atoms with Gasteiger partial charge in [-0.05, 0) is 38.6 Å². The number of aliphatic carboxylic acids is 2. The van der Waals surface area contributed by atoms with Gasteiger partial charge in [0.05, 0.1) is 0 Å². The molecule has 0 atom stereocenters. The monoisotopic (exact) mass is 439 g/mol. The summed E-state index contributed by atoms with van der Waals surface area (Å²) >= 11 is 0. The first-order valence-corrected chi connectivity index (χ1v) is 12.5. The molecule has 0 amide bonds. The van der Waals surface area contributed by atoms with E-state index in [-0.39, 0.29) is 0 Å². The number of hydrogen-bond acceptors (Lipinski definition) is 3. The molecule has 0 radical (unpaired) electrons. The lowest BCUT2D eigenvalue weighted by molar-refractivity contribution is -0.134.